The summed E-state index contributed by atoms with van der Waals surface area (Å²) in [4.78, 5) is 1.36. The Morgan fingerprint density at radius 2 is 2.24 bits per heavy atom. The third kappa shape index (κ3) is 1.81. The smallest absolute Gasteiger partial charge is 0.0445 e. The third-order valence-electron chi connectivity index (χ3n) is 3.21. The molecule has 0 saturated heterocycles. The van der Waals surface area contributed by atoms with Gasteiger partial charge in [-0.25, -0.2) is 0 Å². The summed E-state index contributed by atoms with van der Waals surface area (Å²) in [7, 11) is 0. The summed E-state index contributed by atoms with van der Waals surface area (Å²) in [5, 5.41) is 5.78. The normalized spacial score (nSPS) is 15.6. The Balaban J connectivity index is 2.37. The van der Waals surface area contributed by atoms with Gasteiger partial charge >= 0.3 is 0 Å². The molecule has 1 aromatic carbocycles. The molecule has 2 aromatic rings. The molecule has 88 valence electrons. The van der Waals surface area contributed by atoms with Crippen LogP contribution in [0.5, 0.6) is 0 Å². The lowest BCUT2D eigenvalue weighted by Crippen LogP contribution is -2.14. The lowest BCUT2D eigenvalue weighted by molar-refractivity contribution is 0.703. The van der Waals surface area contributed by atoms with Gasteiger partial charge in [0, 0.05) is 26.5 Å². The van der Waals surface area contributed by atoms with Crippen LogP contribution in [0.3, 0.4) is 0 Å². The highest BCUT2D eigenvalue weighted by atomic mass is 35.5. The van der Waals surface area contributed by atoms with E-state index in [2.05, 4.69) is 30.5 Å². The summed E-state index contributed by atoms with van der Waals surface area (Å²) >= 11 is 8.19. The Hall–Kier alpha value is -0.830. The highest BCUT2D eigenvalue weighted by Gasteiger charge is 2.18. The number of halogens is 1. The van der Waals surface area contributed by atoms with E-state index >= 15 is 0 Å². The van der Waals surface area contributed by atoms with Crippen molar-refractivity contribution in [3.63, 3.8) is 0 Å². The molecule has 0 spiro atoms. The van der Waals surface area contributed by atoms with Crippen molar-refractivity contribution in [3.8, 4) is 0 Å². The van der Waals surface area contributed by atoms with Crippen molar-refractivity contribution in [2.45, 2.75) is 19.9 Å². The van der Waals surface area contributed by atoms with Gasteiger partial charge in [0.15, 0.2) is 0 Å². The van der Waals surface area contributed by atoms with Gasteiger partial charge in [0.25, 0.3) is 0 Å². The number of rotatable bonds is 1. The molecule has 0 bridgehead atoms. The third-order valence-corrected chi connectivity index (χ3v) is 4.72. The Morgan fingerprint density at radius 1 is 1.35 bits per heavy atom. The lowest BCUT2D eigenvalue weighted by atomic mass is 10.0. The zero-order valence-corrected chi connectivity index (χ0v) is 11.3. The SMILES string of the molecule is C/C=C\c1sc2ccc(Cl)c3c2c1CNCC3. The number of benzene rings is 1. The zero-order chi connectivity index (χ0) is 11.8. The Kier molecular flexibility index (Phi) is 2.95. The molecule has 3 rings (SSSR count). The van der Waals surface area contributed by atoms with Crippen molar-refractivity contribution in [1.82, 2.24) is 5.32 Å². The first kappa shape index (κ1) is 11.3. The van der Waals surface area contributed by atoms with Crippen molar-refractivity contribution < 1.29 is 0 Å². The molecule has 1 aromatic heterocycles. The summed E-state index contributed by atoms with van der Waals surface area (Å²) in [6, 6.07) is 4.18. The minimum Gasteiger partial charge on any atom is -0.312 e. The lowest BCUT2D eigenvalue weighted by Gasteiger charge is -2.03. The van der Waals surface area contributed by atoms with E-state index in [9.17, 15) is 0 Å². The maximum atomic E-state index is 6.33. The van der Waals surface area contributed by atoms with Crippen molar-refractivity contribution >= 4 is 39.1 Å². The molecular weight excluding hydrogens is 250 g/mol. The fourth-order valence-corrected chi connectivity index (χ4v) is 3.93. The second kappa shape index (κ2) is 4.45. The maximum Gasteiger partial charge on any atom is 0.0445 e. The van der Waals surface area contributed by atoms with E-state index < -0.39 is 0 Å². The molecule has 1 aliphatic heterocycles. The van der Waals surface area contributed by atoms with Crippen molar-refractivity contribution in [1.29, 1.82) is 0 Å². The second-order valence-electron chi connectivity index (χ2n) is 4.27. The number of allylic oxidation sites excluding steroid dienone is 1. The van der Waals surface area contributed by atoms with Crippen LogP contribution < -0.4 is 5.32 Å². The van der Waals surface area contributed by atoms with E-state index in [1.165, 1.54) is 26.1 Å². The van der Waals surface area contributed by atoms with Gasteiger partial charge in [0.05, 0.1) is 0 Å². The predicted octanol–water partition coefficient (Wildman–Crippen LogP) is 4.23. The first-order valence-electron chi connectivity index (χ1n) is 5.87. The number of thiophene rings is 1. The van der Waals surface area contributed by atoms with Crippen LogP contribution in [0.15, 0.2) is 18.2 Å². The second-order valence-corrected chi connectivity index (χ2v) is 5.76. The molecule has 0 saturated carbocycles. The van der Waals surface area contributed by atoms with Crippen molar-refractivity contribution in [2.24, 2.45) is 0 Å². The van der Waals surface area contributed by atoms with Gasteiger partial charge in [0.2, 0.25) is 0 Å². The average Bonchev–Trinajstić information content (AvgIpc) is 2.53. The van der Waals surface area contributed by atoms with Crippen LogP contribution in [0.4, 0.5) is 0 Å². The minimum absolute atomic E-state index is 0.910. The maximum absolute atomic E-state index is 6.33. The Labute approximate surface area is 110 Å². The molecule has 2 heterocycles. The Bertz CT molecular complexity index is 598. The van der Waals surface area contributed by atoms with Gasteiger partial charge in [-0.3, -0.25) is 0 Å². The summed E-state index contributed by atoms with van der Waals surface area (Å²) in [5.41, 5.74) is 2.73. The molecule has 0 aliphatic carbocycles. The van der Waals surface area contributed by atoms with Crippen LogP contribution in [0.1, 0.15) is 22.9 Å². The molecule has 1 nitrogen and oxygen atoms in total. The van der Waals surface area contributed by atoms with Gasteiger partial charge < -0.3 is 5.32 Å². The van der Waals surface area contributed by atoms with E-state index in [-0.39, 0.29) is 0 Å². The largest absolute Gasteiger partial charge is 0.312 e. The van der Waals surface area contributed by atoms with Crippen molar-refractivity contribution in [3.05, 3.63) is 39.2 Å². The molecule has 3 heteroatoms. The summed E-state index contributed by atoms with van der Waals surface area (Å²) in [6.45, 7) is 4.02. The summed E-state index contributed by atoms with van der Waals surface area (Å²) in [6.07, 6.45) is 5.33. The molecule has 1 aliphatic rings. The first-order chi connectivity index (χ1) is 8.31. The summed E-state index contributed by atoms with van der Waals surface area (Å²) in [5.74, 6) is 0. The number of hydrogen-bond donors (Lipinski definition) is 1. The average molecular weight is 264 g/mol. The van der Waals surface area contributed by atoms with E-state index in [0.717, 1.165) is 24.5 Å². The van der Waals surface area contributed by atoms with E-state index in [4.69, 9.17) is 11.6 Å². The van der Waals surface area contributed by atoms with Crippen molar-refractivity contribution in [2.75, 3.05) is 6.54 Å². The highest BCUT2D eigenvalue weighted by molar-refractivity contribution is 7.20. The topological polar surface area (TPSA) is 12.0 Å². The highest BCUT2D eigenvalue weighted by Crippen LogP contribution is 2.38. The molecule has 0 amide bonds. The molecule has 1 N–H and O–H groups in total. The van der Waals surface area contributed by atoms with Crippen LogP contribution in [0, 0.1) is 0 Å². The van der Waals surface area contributed by atoms with Gasteiger partial charge in [0.1, 0.15) is 0 Å². The van der Waals surface area contributed by atoms with Crippen LogP contribution in [-0.2, 0) is 13.0 Å². The first-order valence-corrected chi connectivity index (χ1v) is 7.07. The molecule has 0 fully saturated rings. The standard InChI is InChI=1S/C14H14ClNS/c1-2-3-12-10-8-16-7-6-9-11(15)4-5-13(17-12)14(9)10/h2-5,16H,6-8H2,1H3/b3-2-. The van der Waals surface area contributed by atoms with Crippen LogP contribution >= 0.6 is 22.9 Å². The fourth-order valence-electron chi connectivity index (χ4n) is 2.45. The molecule has 17 heavy (non-hydrogen) atoms. The number of hydrogen-bond acceptors (Lipinski definition) is 2. The van der Waals surface area contributed by atoms with E-state index in [0.29, 0.717) is 0 Å². The van der Waals surface area contributed by atoms with Crippen LogP contribution in [0.25, 0.3) is 16.2 Å². The van der Waals surface area contributed by atoms with Crippen LogP contribution in [0.2, 0.25) is 5.02 Å². The molecule has 0 atom stereocenters. The molecular formula is C14H14ClNS. The minimum atomic E-state index is 0.910. The van der Waals surface area contributed by atoms with Gasteiger partial charge in [-0.1, -0.05) is 17.7 Å². The Morgan fingerprint density at radius 3 is 3.06 bits per heavy atom. The van der Waals surface area contributed by atoms with Crippen LogP contribution in [-0.4, -0.2) is 6.54 Å². The van der Waals surface area contributed by atoms with Gasteiger partial charge in [-0.15, -0.1) is 11.3 Å². The summed E-state index contributed by atoms with van der Waals surface area (Å²) < 4.78 is 1.36. The number of nitrogens with one attached hydrogen (secondary N) is 1. The van der Waals surface area contributed by atoms with E-state index in [1.807, 2.05) is 17.4 Å². The van der Waals surface area contributed by atoms with Gasteiger partial charge in [-0.2, -0.15) is 0 Å². The van der Waals surface area contributed by atoms with Gasteiger partial charge in [-0.05, 0) is 49.2 Å². The fraction of sp³-hybridized carbons (Fsp3) is 0.286. The predicted molar refractivity (Wildman–Crippen MR) is 77.0 cm³/mol. The molecule has 0 unspecified atom stereocenters. The van der Waals surface area contributed by atoms with E-state index in [1.54, 1.807) is 0 Å². The molecule has 0 radical (unpaired) electrons. The zero-order valence-electron chi connectivity index (χ0n) is 9.72. The monoisotopic (exact) mass is 263 g/mol. The quantitative estimate of drug-likeness (QED) is 0.812.